The van der Waals surface area contributed by atoms with E-state index in [0.29, 0.717) is 34.8 Å². The molecule has 0 unspecified atom stereocenters. The predicted molar refractivity (Wildman–Crippen MR) is 182 cm³/mol. The minimum absolute atomic E-state index is 0.0121. The molecular formula is C36H30N10O6. The van der Waals surface area contributed by atoms with Gasteiger partial charge in [0, 0.05) is 36.1 Å². The third kappa shape index (κ3) is 7.14. The first-order chi connectivity index (χ1) is 25.4. The number of aromatic nitrogens is 10. The number of rotatable bonds is 11. The summed E-state index contributed by atoms with van der Waals surface area (Å²) in [6.07, 6.45) is 5.92. The van der Waals surface area contributed by atoms with Crippen LogP contribution in [-0.2, 0) is 25.6 Å². The lowest BCUT2D eigenvalue weighted by atomic mass is 10.1. The molecule has 52 heavy (non-hydrogen) atoms. The molecule has 7 aromatic rings. The van der Waals surface area contributed by atoms with Crippen molar-refractivity contribution in [2.75, 3.05) is 6.61 Å². The number of carbonyl (C=O) groups excluding carboxylic acids is 1. The summed E-state index contributed by atoms with van der Waals surface area (Å²) in [6.45, 7) is 3.20. The van der Waals surface area contributed by atoms with Gasteiger partial charge in [0.25, 0.3) is 5.89 Å². The van der Waals surface area contributed by atoms with Gasteiger partial charge in [-0.2, -0.15) is 9.97 Å². The molecule has 3 aromatic carbocycles. The van der Waals surface area contributed by atoms with E-state index in [0.717, 1.165) is 27.9 Å². The Bertz CT molecular complexity index is 2310. The molecule has 0 bridgehead atoms. The lowest BCUT2D eigenvalue weighted by Crippen LogP contribution is -2.38. The lowest BCUT2D eigenvalue weighted by Gasteiger charge is -2.31. The number of benzene rings is 3. The van der Waals surface area contributed by atoms with Gasteiger partial charge >= 0.3 is 5.97 Å². The Hall–Kier alpha value is -6.65. The van der Waals surface area contributed by atoms with E-state index in [-0.39, 0.29) is 13.2 Å². The standard InChI is InChI=1S/C36H30N10O6/c1-22-37-34(41-51-22)25-10-8-24(9-11-25)30-19-46(44-40-30)31-16-17-33(50-32(31)21-48-23(2)47)49-20-28-18-45(43-39-28)29-14-12-26(13-15-29)35-38-36(52-42-35)27-6-4-3-5-7-27/h3-19,31-33H,20-21H2,1-2H3/t31-,32+,33-/m0/s1. The molecule has 5 heterocycles. The zero-order chi connectivity index (χ0) is 35.4. The second kappa shape index (κ2) is 14.3. The maximum Gasteiger partial charge on any atom is 0.302 e. The van der Waals surface area contributed by atoms with Gasteiger partial charge in [-0.25, -0.2) is 9.36 Å². The summed E-state index contributed by atoms with van der Waals surface area (Å²) in [5.74, 6) is 1.52. The first kappa shape index (κ1) is 32.5. The molecule has 0 spiro atoms. The van der Waals surface area contributed by atoms with Gasteiger partial charge in [-0.15, -0.1) is 10.2 Å². The fourth-order valence-electron chi connectivity index (χ4n) is 5.54. The summed E-state index contributed by atoms with van der Waals surface area (Å²) in [6, 6.07) is 24.3. The molecule has 0 saturated heterocycles. The lowest BCUT2D eigenvalue weighted by molar-refractivity contribution is -0.182. The van der Waals surface area contributed by atoms with E-state index in [4.69, 9.17) is 23.3 Å². The van der Waals surface area contributed by atoms with Crippen molar-refractivity contribution in [2.45, 2.75) is 38.9 Å². The molecule has 0 N–H and O–H groups in total. The Morgan fingerprint density at radius 2 is 1.52 bits per heavy atom. The van der Waals surface area contributed by atoms with Crippen molar-refractivity contribution in [1.82, 2.24) is 50.3 Å². The van der Waals surface area contributed by atoms with Crippen LogP contribution in [0.4, 0.5) is 0 Å². The largest absolute Gasteiger partial charge is 0.463 e. The van der Waals surface area contributed by atoms with Crippen molar-refractivity contribution in [3.8, 4) is 51.2 Å². The van der Waals surface area contributed by atoms with E-state index in [1.54, 1.807) is 28.6 Å². The Labute approximate surface area is 295 Å². The second-order valence-corrected chi connectivity index (χ2v) is 11.8. The first-order valence-corrected chi connectivity index (χ1v) is 16.3. The van der Waals surface area contributed by atoms with Crippen molar-refractivity contribution < 1.29 is 28.1 Å². The van der Waals surface area contributed by atoms with Crippen LogP contribution >= 0.6 is 0 Å². The van der Waals surface area contributed by atoms with E-state index < -0.39 is 24.4 Å². The maximum absolute atomic E-state index is 11.7. The fourth-order valence-corrected chi connectivity index (χ4v) is 5.54. The molecule has 16 heteroatoms. The second-order valence-electron chi connectivity index (χ2n) is 11.8. The average Bonchev–Trinajstić information content (AvgIpc) is 4.02. The molecule has 8 rings (SSSR count). The number of aryl methyl sites for hydroxylation is 1. The van der Waals surface area contributed by atoms with Gasteiger partial charge in [0.15, 0.2) is 6.29 Å². The van der Waals surface area contributed by atoms with Crippen LogP contribution in [0.3, 0.4) is 0 Å². The molecular weight excluding hydrogens is 668 g/mol. The Morgan fingerprint density at radius 1 is 0.788 bits per heavy atom. The van der Waals surface area contributed by atoms with Crippen LogP contribution in [0.15, 0.2) is 112 Å². The van der Waals surface area contributed by atoms with Crippen molar-refractivity contribution >= 4 is 5.97 Å². The summed E-state index contributed by atoms with van der Waals surface area (Å²) in [5, 5.41) is 25.3. The van der Waals surface area contributed by atoms with Crippen LogP contribution in [-0.4, -0.2) is 75.2 Å². The molecule has 0 aliphatic carbocycles. The highest BCUT2D eigenvalue weighted by Crippen LogP contribution is 2.28. The quantitative estimate of drug-likeness (QED) is 0.127. The van der Waals surface area contributed by atoms with Crippen molar-refractivity contribution in [1.29, 1.82) is 0 Å². The number of ether oxygens (including phenoxy) is 3. The summed E-state index contributed by atoms with van der Waals surface area (Å²) < 4.78 is 31.4. The van der Waals surface area contributed by atoms with Gasteiger partial charge in [-0.3, -0.25) is 4.79 Å². The molecule has 1 aliphatic rings. The summed E-state index contributed by atoms with van der Waals surface area (Å²) in [4.78, 5) is 20.5. The molecule has 1 aliphatic heterocycles. The van der Waals surface area contributed by atoms with E-state index in [9.17, 15) is 4.79 Å². The maximum atomic E-state index is 11.7. The monoisotopic (exact) mass is 698 g/mol. The minimum Gasteiger partial charge on any atom is -0.463 e. The minimum atomic E-state index is -0.735. The first-order valence-electron chi connectivity index (χ1n) is 16.3. The number of nitrogens with zero attached hydrogens (tertiary/aromatic N) is 10. The number of hydrogen-bond donors (Lipinski definition) is 0. The zero-order valence-corrected chi connectivity index (χ0v) is 27.9. The van der Waals surface area contributed by atoms with Gasteiger partial charge in [0.2, 0.25) is 17.5 Å². The van der Waals surface area contributed by atoms with Gasteiger partial charge < -0.3 is 23.3 Å². The third-order valence-electron chi connectivity index (χ3n) is 8.16. The Kier molecular flexibility index (Phi) is 8.95. The van der Waals surface area contributed by atoms with Crippen LogP contribution in [0, 0.1) is 6.92 Å². The Morgan fingerprint density at radius 3 is 2.27 bits per heavy atom. The van der Waals surface area contributed by atoms with Crippen molar-refractivity contribution in [2.24, 2.45) is 0 Å². The molecule has 0 radical (unpaired) electrons. The number of esters is 1. The van der Waals surface area contributed by atoms with Crippen LogP contribution in [0.5, 0.6) is 0 Å². The number of hydrogen-bond acceptors (Lipinski definition) is 14. The highest BCUT2D eigenvalue weighted by Gasteiger charge is 2.31. The van der Waals surface area contributed by atoms with E-state index >= 15 is 0 Å². The molecule has 260 valence electrons. The van der Waals surface area contributed by atoms with Crippen molar-refractivity contribution in [3.63, 3.8) is 0 Å². The highest BCUT2D eigenvalue weighted by atomic mass is 16.7. The van der Waals surface area contributed by atoms with Crippen LogP contribution < -0.4 is 0 Å². The van der Waals surface area contributed by atoms with Gasteiger partial charge in [-0.1, -0.05) is 69.3 Å². The predicted octanol–water partition coefficient (Wildman–Crippen LogP) is 5.20. The number of carbonyl (C=O) groups is 1. The molecule has 0 amide bonds. The smallest absolute Gasteiger partial charge is 0.302 e. The SMILES string of the molecule is CC(=O)OC[C@H]1O[C@H](OCc2cn(-c3ccc(-c4noc(-c5ccccc5)n4)cc3)nn2)C=C[C@@H]1n1cc(-c2ccc(-c3noc(C)n3)cc2)nn1. The topological polar surface area (TPSA) is 184 Å². The normalized spacial score (nSPS) is 17.0. The molecule has 3 atom stereocenters. The van der Waals surface area contributed by atoms with E-state index in [2.05, 4.69) is 40.9 Å². The molecule has 4 aromatic heterocycles. The van der Waals surface area contributed by atoms with Gasteiger partial charge in [0.1, 0.15) is 30.1 Å². The van der Waals surface area contributed by atoms with Crippen LogP contribution in [0.25, 0.3) is 51.2 Å². The van der Waals surface area contributed by atoms with E-state index in [1.165, 1.54) is 6.92 Å². The molecule has 0 fully saturated rings. The zero-order valence-electron chi connectivity index (χ0n) is 27.9. The van der Waals surface area contributed by atoms with Gasteiger partial charge in [-0.05, 0) is 42.5 Å². The molecule has 16 nitrogen and oxygen atoms in total. The third-order valence-corrected chi connectivity index (χ3v) is 8.16. The summed E-state index contributed by atoms with van der Waals surface area (Å²) >= 11 is 0. The van der Waals surface area contributed by atoms with Crippen LogP contribution in [0.1, 0.15) is 24.6 Å². The summed E-state index contributed by atoms with van der Waals surface area (Å²) in [7, 11) is 0. The van der Waals surface area contributed by atoms with Crippen molar-refractivity contribution in [3.05, 3.63) is 115 Å². The van der Waals surface area contributed by atoms with E-state index in [1.807, 2.05) is 91.1 Å². The Balaban J connectivity index is 0.906. The fraction of sp³-hybridized carbons (Fsp3) is 0.194. The summed E-state index contributed by atoms with van der Waals surface area (Å²) in [5.41, 5.74) is 5.35. The molecule has 0 saturated carbocycles. The van der Waals surface area contributed by atoms with Crippen LogP contribution in [0.2, 0.25) is 0 Å². The van der Waals surface area contributed by atoms with Gasteiger partial charge in [0.05, 0.1) is 24.7 Å². The highest BCUT2D eigenvalue weighted by molar-refractivity contribution is 5.66. The average molecular weight is 699 g/mol.